The van der Waals surface area contributed by atoms with Crippen LogP contribution in [0.1, 0.15) is 46.8 Å². The van der Waals surface area contributed by atoms with Crippen molar-refractivity contribution in [3.63, 3.8) is 0 Å². The Labute approximate surface area is 146 Å². The first-order valence-electron chi connectivity index (χ1n) is 8.22. The molecule has 134 valence electrons. The minimum Gasteiger partial charge on any atom is -0.507 e. The van der Waals surface area contributed by atoms with Crippen molar-refractivity contribution in [3.05, 3.63) is 33.4 Å². The summed E-state index contributed by atoms with van der Waals surface area (Å²) in [5, 5.41) is 10.7. The van der Waals surface area contributed by atoms with Crippen LogP contribution in [0.5, 0.6) is 11.5 Å². The van der Waals surface area contributed by atoms with Crippen molar-refractivity contribution >= 4 is 11.9 Å². The molecule has 1 aliphatic carbocycles. The number of phenolic OH excluding ortho intramolecular Hbond substituents is 1. The van der Waals surface area contributed by atoms with E-state index in [2.05, 4.69) is 0 Å². The molecule has 1 N–H and O–H groups in total. The van der Waals surface area contributed by atoms with Gasteiger partial charge in [-0.1, -0.05) is 11.1 Å². The van der Waals surface area contributed by atoms with Crippen molar-refractivity contribution in [2.24, 2.45) is 5.92 Å². The second-order valence-electron chi connectivity index (χ2n) is 6.60. The number of rotatable bonds is 4. The number of aromatic hydroxyl groups is 1. The van der Waals surface area contributed by atoms with Crippen LogP contribution in [0, 0.1) is 12.8 Å². The fourth-order valence-corrected chi connectivity index (χ4v) is 3.83. The Hall–Kier alpha value is -2.50. The lowest BCUT2D eigenvalue weighted by molar-refractivity contribution is -0.145. The fraction of sp³-hybridized carbons (Fsp3) is 0.474. The number of phenols is 1. The first-order valence-corrected chi connectivity index (χ1v) is 8.22. The van der Waals surface area contributed by atoms with Gasteiger partial charge in [0.25, 0.3) is 0 Å². The number of esters is 2. The molecule has 0 saturated heterocycles. The van der Waals surface area contributed by atoms with Gasteiger partial charge >= 0.3 is 11.9 Å². The van der Waals surface area contributed by atoms with Crippen molar-refractivity contribution in [1.82, 2.24) is 0 Å². The van der Waals surface area contributed by atoms with Crippen molar-refractivity contribution in [2.75, 3.05) is 14.2 Å². The Morgan fingerprint density at radius 1 is 1.28 bits per heavy atom. The Morgan fingerprint density at radius 2 is 2.00 bits per heavy atom. The van der Waals surface area contributed by atoms with Gasteiger partial charge in [0.2, 0.25) is 0 Å². The highest BCUT2D eigenvalue weighted by Crippen LogP contribution is 2.44. The van der Waals surface area contributed by atoms with E-state index in [4.69, 9.17) is 14.2 Å². The van der Waals surface area contributed by atoms with Gasteiger partial charge in [0.1, 0.15) is 23.7 Å². The van der Waals surface area contributed by atoms with E-state index < -0.39 is 5.97 Å². The van der Waals surface area contributed by atoms with Crippen LogP contribution in [0.25, 0.3) is 0 Å². The molecular weight excluding hydrogens is 324 g/mol. The summed E-state index contributed by atoms with van der Waals surface area (Å²) in [6.45, 7) is 3.99. The third kappa shape index (κ3) is 2.75. The molecule has 2 aliphatic rings. The van der Waals surface area contributed by atoms with Crippen LogP contribution in [0.4, 0.5) is 0 Å². The first-order chi connectivity index (χ1) is 11.9. The summed E-state index contributed by atoms with van der Waals surface area (Å²) < 4.78 is 15.4. The molecule has 3 rings (SSSR count). The summed E-state index contributed by atoms with van der Waals surface area (Å²) in [6, 6.07) is 0. The normalized spacial score (nSPS) is 19.0. The number of carbonyl (C=O) groups is 2. The van der Waals surface area contributed by atoms with Crippen molar-refractivity contribution in [3.8, 4) is 11.5 Å². The average Bonchev–Trinajstić information content (AvgIpc) is 3.15. The first kappa shape index (κ1) is 17.3. The highest BCUT2D eigenvalue weighted by Gasteiger charge is 2.34. The van der Waals surface area contributed by atoms with E-state index in [1.54, 1.807) is 7.11 Å². The van der Waals surface area contributed by atoms with E-state index in [0.29, 0.717) is 36.1 Å². The van der Waals surface area contributed by atoms with Gasteiger partial charge < -0.3 is 19.3 Å². The van der Waals surface area contributed by atoms with Crippen LogP contribution in [0.15, 0.2) is 11.1 Å². The number of cyclic esters (lactones) is 1. The molecule has 0 fully saturated rings. The van der Waals surface area contributed by atoms with E-state index >= 15 is 0 Å². The van der Waals surface area contributed by atoms with Crippen LogP contribution in [-0.4, -0.2) is 31.3 Å². The van der Waals surface area contributed by atoms with Crippen molar-refractivity contribution in [2.45, 2.75) is 39.7 Å². The minimum absolute atomic E-state index is 0.0817. The molecular formula is C19H22O6. The number of hydrogen-bond donors (Lipinski definition) is 1. The maximum absolute atomic E-state index is 12.0. The quantitative estimate of drug-likeness (QED) is 0.667. The van der Waals surface area contributed by atoms with Gasteiger partial charge in [0.15, 0.2) is 0 Å². The largest absolute Gasteiger partial charge is 0.507 e. The molecule has 1 heterocycles. The maximum Gasteiger partial charge on any atom is 0.342 e. The van der Waals surface area contributed by atoms with Crippen LogP contribution >= 0.6 is 0 Å². The fourth-order valence-electron chi connectivity index (χ4n) is 3.83. The molecule has 0 radical (unpaired) electrons. The van der Waals surface area contributed by atoms with Gasteiger partial charge in [0, 0.05) is 17.5 Å². The monoisotopic (exact) mass is 346 g/mol. The summed E-state index contributed by atoms with van der Waals surface area (Å²) in [5.74, 6) is -0.435. The number of carbonyl (C=O) groups excluding carboxylic acids is 2. The van der Waals surface area contributed by atoms with Crippen LogP contribution < -0.4 is 4.74 Å². The maximum atomic E-state index is 12.0. The Kier molecular flexibility index (Phi) is 4.45. The van der Waals surface area contributed by atoms with E-state index in [9.17, 15) is 14.7 Å². The lowest BCUT2D eigenvalue weighted by Crippen LogP contribution is -2.13. The number of fused-ring (bicyclic) bond motifs is 1. The second-order valence-corrected chi connectivity index (χ2v) is 6.60. The van der Waals surface area contributed by atoms with E-state index in [1.165, 1.54) is 7.11 Å². The molecule has 0 saturated carbocycles. The van der Waals surface area contributed by atoms with Gasteiger partial charge in [-0.2, -0.15) is 0 Å². The molecule has 0 aromatic heterocycles. The van der Waals surface area contributed by atoms with Crippen LogP contribution in [0.3, 0.4) is 0 Å². The number of allylic oxidation sites excluding steroid dienone is 2. The number of hydrogen-bond acceptors (Lipinski definition) is 6. The molecule has 6 heteroatoms. The Morgan fingerprint density at radius 3 is 2.64 bits per heavy atom. The topological polar surface area (TPSA) is 82.1 Å². The number of ether oxygens (including phenoxy) is 3. The smallest absolute Gasteiger partial charge is 0.342 e. The van der Waals surface area contributed by atoms with Crippen LogP contribution in [-0.2, 0) is 27.3 Å². The standard InChI is InChI=1S/C19H22O6/c1-9-5-12(18(21)24-4)6-11(9)7-13-16(20)15-14(8-25-19(15)22)10(2)17(13)23-3/h12,20H,5-8H2,1-4H3. The molecule has 1 aromatic carbocycles. The van der Waals surface area contributed by atoms with E-state index in [1.807, 2.05) is 13.8 Å². The number of methoxy groups -OCH3 is 2. The van der Waals surface area contributed by atoms with Gasteiger partial charge in [-0.3, -0.25) is 4.79 Å². The van der Waals surface area contributed by atoms with Gasteiger partial charge in [-0.25, -0.2) is 4.79 Å². The lowest BCUT2D eigenvalue weighted by atomic mass is 9.92. The summed E-state index contributed by atoms with van der Waals surface area (Å²) in [7, 11) is 2.93. The molecule has 1 atom stereocenters. The highest BCUT2D eigenvalue weighted by molar-refractivity contribution is 5.98. The molecule has 1 unspecified atom stereocenters. The van der Waals surface area contributed by atoms with Crippen LogP contribution in [0.2, 0.25) is 0 Å². The average molecular weight is 346 g/mol. The number of benzene rings is 1. The van der Waals surface area contributed by atoms with Crippen molar-refractivity contribution in [1.29, 1.82) is 0 Å². The second kappa shape index (κ2) is 6.43. The Balaban J connectivity index is 2.00. The molecule has 6 nitrogen and oxygen atoms in total. The summed E-state index contributed by atoms with van der Waals surface area (Å²) in [6.07, 6.45) is 1.66. The Bertz CT molecular complexity index is 790. The SMILES string of the molecule is COC(=O)C1CC(C)=C(Cc2c(O)c3c(c(C)c2OC)COC3=O)C1. The highest BCUT2D eigenvalue weighted by atomic mass is 16.5. The van der Waals surface area contributed by atoms with Gasteiger partial charge in [-0.15, -0.1) is 0 Å². The predicted octanol–water partition coefficient (Wildman–Crippen LogP) is 2.82. The molecule has 0 spiro atoms. The van der Waals surface area contributed by atoms with Crippen molar-refractivity contribution < 1.29 is 28.9 Å². The minimum atomic E-state index is -0.510. The third-order valence-corrected chi connectivity index (χ3v) is 5.22. The van der Waals surface area contributed by atoms with Gasteiger partial charge in [-0.05, 0) is 32.3 Å². The van der Waals surface area contributed by atoms with Gasteiger partial charge in [0.05, 0.1) is 20.1 Å². The van der Waals surface area contributed by atoms with E-state index in [-0.39, 0.29) is 29.8 Å². The predicted molar refractivity (Wildman–Crippen MR) is 89.7 cm³/mol. The molecule has 1 aromatic rings. The summed E-state index contributed by atoms with van der Waals surface area (Å²) >= 11 is 0. The lowest BCUT2D eigenvalue weighted by Gasteiger charge is -2.17. The summed E-state index contributed by atoms with van der Waals surface area (Å²) in [4.78, 5) is 23.8. The molecule has 0 bridgehead atoms. The molecule has 0 amide bonds. The summed E-state index contributed by atoms with van der Waals surface area (Å²) in [5.41, 5.74) is 4.45. The van der Waals surface area contributed by atoms with E-state index in [0.717, 1.165) is 16.7 Å². The zero-order valence-electron chi connectivity index (χ0n) is 14.9. The zero-order valence-corrected chi connectivity index (χ0v) is 14.9. The third-order valence-electron chi connectivity index (χ3n) is 5.22. The molecule has 1 aliphatic heterocycles. The zero-order chi connectivity index (χ0) is 18.3. The molecule has 25 heavy (non-hydrogen) atoms.